The summed E-state index contributed by atoms with van der Waals surface area (Å²) in [5, 5.41) is 3.03. The zero-order chi connectivity index (χ0) is 30.3. The van der Waals surface area contributed by atoms with Gasteiger partial charge in [-0.25, -0.2) is 31.6 Å². The van der Waals surface area contributed by atoms with Crippen molar-refractivity contribution in [2.75, 3.05) is 15.8 Å². The summed E-state index contributed by atoms with van der Waals surface area (Å²) < 4.78 is 108. The van der Waals surface area contributed by atoms with E-state index in [9.17, 15) is 39.6 Å². The predicted octanol–water partition coefficient (Wildman–Crippen LogP) is 4.46. The Balaban J connectivity index is 0.00000484. The fourth-order valence-corrected chi connectivity index (χ4v) is 5.56. The molecule has 1 aromatic carbocycles. The first kappa shape index (κ1) is 33.3. The maximum absolute atomic E-state index is 14.8. The van der Waals surface area contributed by atoms with Crippen molar-refractivity contribution in [2.45, 2.75) is 70.0 Å². The molecule has 0 amide bonds. The summed E-state index contributed by atoms with van der Waals surface area (Å²) in [6.45, 7) is 3.33. The number of sulfonamides is 1. The van der Waals surface area contributed by atoms with E-state index in [4.69, 9.17) is 5.73 Å². The smallest absolute Gasteiger partial charge is 0.351 e. The number of rotatable bonds is 8. The number of hydrogen-bond acceptors (Lipinski definition) is 8. The summed E-state index contributed by atoms with van der Waals surface area (Å²) in [7, 11) is -4.75. The van der Waals surface area contributed by atoms with Crippen LogP contribution in [0.1, 0.15) is 45.6 Å². The average molecular weight is 644 g/mol. The molecule has 2 aromatic heterocycles. The molecule has 0 aliphatic heterocycles. The van der Waals surface area contributed by atoms with Crippen LogP contribution in [0, 0.1) is 11.6 Å². The van der Waals surface area contributed by atoms with Crippen molar-refractivity contribution in [1.82, 2.24) is 19.5 Å². The number of nitrogens with one attached hydrogen (secondary N) is 2. The molecule has 18 heteroatoms. The molecule has 0 spiro atoms. The second kappa shape index (κ2) is 12.6. The van der Waals surface area contributed by atoms with Crippen molar-refractivity contribution in [1.29, 1.82) is 0 Å². The monoisotopic (exact) mass is 643 g/mol. The van der Waals surface area contributed by atoms with Crippen LogP contribution < -0.4 is 21.3 Å². The van der Waals surface area contributed by atoms with Crippen LogP contribution in [0.2, 0.25) is 0 Å². The van der Waals surface area contributed by atoms with Gasteiger partial charge in [-0.05, 0) is 38.8 Å². The number of nitrogens with two attached hydrogens (primary N) is 1. The molecular weight excluding hydrogens is 616 g/mol. The molecule has 4 rings (SSSR count). The Morgan fingerprint density at radius 1 is 1.14 bits per heavy atom. The topological polar surface area (TPSA) is 145 Å². The lowest BCUT2D eigenvalue weighted by molar-refractivity contribution is -0.129. The Morgan fingerprint density at radius 2 is 1.79 bits per heavy atom. The summed E-state index contributed by atoms with van der Waals surface area (Å²) in [5.74, 6) is -4.26. The highest BCUT2D eigenvalue weighted by Gasteiger charge is 2.31. The molecule has 4 N–H and O–H groups in total. The summed E-state index contributed by atoms with van der Waals surface area (Å²) >= 11 is 0. The minimum Gasteiger partial charge on any atom is -0.351 e. The minimum atomic E-state index is -4.80. The number of halogens is 7. The van der Waals surface area contributed by atoms with E-state index in [0.29, 0.717) is 25.0 Å². The second-order valence-electron chi connectivity index (χ2n) is 10.1. The molecule has 3 unspecified atom stereocenters. The van der Waals surface area contributed by atoms with E-state index in [0.717, 1.165) is 0 Å². The first-order valence-corrected chi connectivity index (χ1v) is 14.2. The summed E-state index contributed by atoms with van der Waals surface area (Å²) in [5.41, 5.74) is 3.19. The molecule has 1 fully saturated rings. The third kappa shape index (κ3) is 7.60. The third-order valence-corrected chi connectivity index (χ3v) is 7.79. The molecular formula is C24H28ClF6N7O3S. The molecule has 0 bridgehead atoms. The second-order valence-corrected chi connectivity index (χ2v) is 11.9. The van der Waals surface area contributed by atoms with Crippen molar-refractivity contribution < 1.29 is 34.8 Å². The maximum Gasteiger partial charge on any atom is 0.390 e. The Hall–Kier alpha value is -3.18. The molecule has 2 heterocycles. The van der Waals surface area contributed by atoms with E-state index >= 15 is 0 Å². The number of aromatic nitrogens is 4. The summed E-state index contributed by atoms with van der Waals surface area (Å²) in [6, 6.07) is -0.0559. The van der Waals surface area contributed by atoms with Crippen LogP contribution in [0.5, 0.6) is 0 Å². The van der Waals surface area contributed by atoms with Gasteiger partial charge in [-0.2, -0.15) is 18.2 Å². The van der Waals surface area contributed by atoms with Crippen molar-refractivity contribution in [3.8, 4) is 11.3 Å². The van der Waals surface area contributed by atoms with Crippen LogP contribution in [-0.2, 0) is 10.0 Å². The Labute approximate surface area is 242 Å². The Kier molecular flexibility index (Phi) is 9.99. The van der Waals surface area contributed by atoms with E-state index in [-0.39, 0.29) is 47.5 Å². The van der Waals surface area contributed by atoms with Gasteiger partial charge in [0.05, 0.1) is 18.4 Å². The van der Waals surface area contributed by atoms with E-state index < -0.39 is 75.2 Å². The fraction of sp³-hybridized carbons (Fsp3) is 0.500. The first-order valence-electron chi connectivity index (χ1n) is 12.6. The molecule has 1 aliphatic carbocycles. The van der Waals surface area contributed by atoms with Crippen LogP contribution in [0.3, 0.4) is 0 Å². The quantitative estimate of drug-likeness (QED) is 0.305. The Bertz CT molecular complexity index is 1600. The fourth-order valence-electron chi connectivity index (χ4n) is 4.45. The molecule has 3 atom stereocenters. The highest BCUT2D eigenvalue weighted by atomic mass is 35.5. The van der Waals surface area contributed by atoms with Gasteiger partial charge in [-0.1, -0.05) is 0 Å². The van der Waals surface area contributed by atoms with Crippen molar-refractivity contribution in [3.63, 3.8) is 0 Å². The van der Waals surface area contributed by atoms with Crippen LogP contribution in [0.15, 0.2) is 23.1 Å². The number of alkyl halides is 4. The summed E-state index contributed by atoms with van der Waals surface area (Å²) in [4.78, 5) is 26.1. The highest BCUT2D eigenvalue weighted by molar-refractivity contribution is 7.92. The lowest BCUT2D eigenvalue weighted by Gasteiger charge is -2.29. The number of anilines is 2. The standard InChI is InChI=1S/C24H27F6N7O3S.ClH/c1-11(2)37-21-18(10-32-23(35-21)33-13-3-4-17(31)14(25)9-13)34-19(22(37)38)12-7-15(26)20(16(27)8-12)36-41(39,40)6-5-24(28,29)30;/h7-8,10-11,13-14,17,36H,3-6,9,31H2,1-2H3,(H,32,33,35);1H. The molecule has 232 valence electrons. The van der Waals surface area contributed by atoms with Gasteiger partial charge in [-0.15, -0.1) is 12.4 Å². The van der Waals surface area contributed by atoms with Gasteiger partial charge < -0.3 is 11.1 Å². The van der Waals surface area contributed by atoms with Crippen LogP contribution in [-0.4, -0.2) is 58.1 Å². The predicted molar refractivity (Wildman–Crippen MR) is 147 cm³/mol. The molecule has 1 saturated carbocycles. The summed E-state index contributed by atoms with van der Waals surface area (Å²) in [6.07, 6.45) is -5.22. The van der Waals surface area contributed by atoms with Crippen LogP contribution in [0.4, 0.5) is 38.0 Å². The zero-order valence-electron chi connectivity index (χ0n) is 22.3. The van der Waals surface area contributed by atoms with E-state index in [2.05, 4.69) is 20.3 Å². The lowest BCUT2D eigenvalue weighted by Crippen LogP contribution is -2.42. The Morgan fingerprint density at radius 3 is 2.36 bits per heavy atom. The average Bonchev–Trinajstić information content (AvgIpc) is 2.86. The molecule has 3 aromatic rings. The number of fused-ring (bicyclic) bond motifs is 1. The maximum atomic E-state index is 14.8. The lowest BCUT2D eigenvalue weighted by atomic mass is 9.90. The highest BCUT2D eigenvalue weighted by Crippen LogP contribution is 2.29. The molecule has 42 heavy (non-hydrogen) atoms. The number of benzene rings is 1. The van der Waals surface area contributed by atoms with E-state index in [1.165, 1.54) is 15.5 Å². The normalized spacial score (nSPS) is 19.5. The molecule has 0 saturated heterocycles. The van der Waals surface area contributed by atoms with Gasteiger partial charge >= 0.3 is 6.18 Å². The molecule has 1 aliphatic rings. The number of hydrogen-bond donors (Lipinski definition) is 3. The first-order chi connectivity index (χ1) is 19.0. The van der Waals surface area contributed by atoms with Gasteiger partial charge in [0.2, 0.25) is 16.0 Å². The van der Waals surface area contributed by atoms with Gasteiger partial charge in [0.25, 0.3) is 5.56 Å². The van der Waals surface area contributed by atoms with Crippen LogP contribution in [0.25, 0.3) is 22.4 Å². The van der Waals surface area contributed by atoms with Crippen molar-refractivity contribution >= 4 is 45.2 Å². The SMILES string of the molecule is CC(C)n1c(=O)c(-c2cc(F)c(NS(=O)(=O)CCC(F)(F)F)c(F)c2)nc2cnc(NC3CCC(N)C(F)C3)nc21.Cl. The number of nitrogens with zero attached hydrogens (tertiary/aromatic N) is 4. The zero-order valence-corrected chi connectivity index (χ0v) is 23.9. The van der Waals surface area contributed by atoms with Crippen LogP contribution >= 0.6 is 12.4 Å². The van der Waals surface area contributed by atoms with Crippen molar-refractivity contribution in [3.05, 3.63) is 40.3 Å². The minimum absolute atomic E-state index is 0. The molecule has 0 radical (unpaired) electrons. The van der Waals surface area contributed by atoms with E-state index in [1.54, 1.807) is 13.8 Å². The van der Waals surface area contributed by atoms with Gasteiger partial charge in [0, 0.05) is 30.1 Å². The van der Waals surface area contributed by atoms with Gasteiger partial charge in [-0.3, -0.25) is 14.1 Å². The van der Waals surface area contributed by atoms with E-state index in [1.807, 2.05) is 0 Å². The van der Waals surface area contributed by atoms with Crippen molar-refractivity contribution in [2.24, 2.45) is 5.73 Å². The van der Waals surface area contributed by atoms with Gasteiger partial charge in [0.1, 0.15) is 23.1 Å². The third-order valence-electron chi connectivity index (χ3n) is 6.53. The largest absolute Gasteiger partial charge is 0.390 e. The molecule has 10 nitrogen and oxygen atoms in total. The van der Waals surface area contributed by atoms with Gasteiger partial charge in [0.15, 0.2) is 17.3 Å².